The Kier molecular flexibility index (Phi) is 2.96. The molecule has 1 saturated carbocycles. The van der Waals surface area contributed by atoms with Crippen LogP contribution in [0.2, 0.25) is 0 Å². The predicted octanol–water partition coefficient (Wildman–Crippen LogP) is 3.84. The summed E-state index contributed by atoms with van der Waals surface area (Å²) in [6.07, 6.45) is 8.45. The summed E-state index contributed by atoms with van der Waals surface area (Å²) in [5, 5.41) is 0. The first-order chi connectivity index (χ1) is 9.42. The van der Waals surface area contributed by atoms with Gasteiger partial charge in [0.2, 0.25) is 0 Å². The fourth-order valence-electron chi connectivity index (χ4n) is 3.55. The van der Waals surface area contributed by atoms with E-state index in [-0.39, 0.29) is 11.2 Å². The fourth-order valence-corrected chi connectivity index (χ4v) is 3.55. The van der Waals surface area contributed by atoms with Crippen molar-refractivity contribution >= 4 is 5.84 Å². The van der Waals surface area contributed by atoms with E-state index in [1.54, 1.807) is 6.07 Å². The molecule has 2 nitrogen and oxygen atoms in total. The number of hydrogen-bond donors (Lipinski definition) is 1. The third-order valence-corrected chi connectivity index (χ3v) is 4.73. The second-order valence-corrected chi connectivity index (χ2v) is 6.52. The molecule has 1 aliphatic carbocycles. The summed E-state index contributed by atoms with van der Waals surface area (Å²) in [6.45, 7) is 3.98. The first kappa shape index (κ1) is 13.3. The van der Waals surface area contributed by atoms with Crippen LogP contribution < -0.4 is 5.73 Å². The monoisotopic (exact) mass is 272 g/mol. The van der Waals surface area contributed by atoms with E-state index in [2.05, 4.69) is 11.1 Å². The van der Waals surface area contributed by atoms with Crippen molar-refractivity contribution in [2.24, 2.45) is 16.1 Å². The smallest absolute Gasteiger partial charge is 0.128 e. The van der Waals surface area contributed by atoms with Crippen LogP contribution in [0.25, 0.3) is 0 Å². The van der Waals surface area contributed by atoms with Gasteiger partial charge < -0.3 is 5.73 Å². The number of rotatable bonds is 1. The number of amidine groups is 1. The van der Waals surface area contributed by atoms with Crippen LogP contribution in [0.4, 0.5) is 4.39 Å². The molecule has 2 N–H and O–H groups in total. The average Bonchev–Trinajstić information content (AvgIpc) is 2.49. The van der Waals surface area contributed by atoms with Crippen molar-refractivity contribution in [1.82, 2.24) is 0 Å². The molecule has 2 aliphatic rings. The van der Waals surface area contributed by atoms with Gasteiger partial charge in [0.15, 0.2) is 0 Å². The van der Waals surface area contributed by atoms with Crippen LogP contribution in [0.3, 0.4) is 0 Å². The summed E-state index contributed by atoms with van der Waals surface area (Å²) >= 11 is 0. The molecule has 1 aliphatic heterocycles. The average molecular weight is 272 g/mol. The minimum absolute atomic E-state index is 0.148. The van der Waals surface area contributed by atoms with Crippen molar-refractivity contribution in [3.8, 4) is 0 Å². The highest BCUT2D eigenvalue weighted by atomic mass is 19.1. The van der Waals surface area contributed by atoms with Gasteiger partial charge in [0.1, 0.15) is 11.7 Å². The Morgan fingerprint density at radius 3 is 2.70 bits per heavy atom. The number of hydrogen-bond acceptors (Lipinski definition) is 2. The second kappa shape index (κ2) is 4.44. The summed E-state index contributed by atoms with van der Waals surface area (Å²) in [5.74, 6) is 0.309. The summed E-state index contributed by atoms with van der Waals surface area (Å²) < 4.78 is 14.3. The van der Waals surface area contributed by atoms with Crippen molar-refractivity contribution < 1.29 is 4.39 Å². The van der Waals surface area contributed by atoms with Gasteiger partial charge in [0, 0.05) is 5.56 Å². The number of allylic oxidation sites excluding steroid dienone is 1. The Balaban J connectivity index is 2.09. The van der Waals surface area contributed by atoms with Gasteiger partial charge in [-0.25, -0.2) is 4.39 Å². The molecule has 0 saturated heterocycles. The number of benzene rings is 1. The van der Waals surface area contributed by atoms with Crippen LogP contribution in [-0.4, -0.2) is 5.84 Å². The maximum Gasteiger partial charge on any atom is 0.128 e. The zero-order valence-electron chi connectivity index (χ0n) is 12.1. The lowest BCUT2D eigenvalue weighted by Crippen LogP contribution is -2.35. The molecule has 1 aromatic carbocycles. The zero-order valence-corrected chi connectivity index (χ0v) is 12.1. The van der Waals surface area contributed by atoms with E-state index in [0.717, 1.165) is 24.8 Å². The third-order valence-electron chi connectivity index (χ3n) is 4.73. The number of nitrogens with two attached hydrogens (primary N) is 1. The third kappa shape index (κ3) is 2.15. The van der Waals surface area contributed by atoms with E-state index < -0.39 is 5.54 Å². The van der Waals surface area contributed by atoms with Crippen molar-refractivity contribution in [3.05, 3.63) is 47.3 Å². The van der Waals surface area contributed by atoms with Gasteiger partial charge >= 0.3 is 0 Å². The molecular weight excluding hydrogens is 251 g/mol. The highest BCUT2D eigenvalue weighted by molar-refractivity contribution is 5.92. The summed E-state index contributed by atoms with van der Waals surface area (Å²) in [7, 11) is 0. The highest BCUT2D eigenvalue weighted by Gasteiger charge is 2.44. The number of halogens is 1. The van der Waals surface area contributed by atoms with Crippen molar-refractivity contribution in [2.75, 3.05) is 0 Å². The molecule has 106 valence electrons. The first-order valence-corrected chi connectivity index (χ1v) is 7.24. The summed E-state index contributed by atoms with van der Waals surface area (Å²) in [4.78, 5) is 4.63. The van der Waals surface area contributed by atoms with Gasteiger partial charge in [0.05, 0.1) is 5.54 Å². The molecule has 1 fully saturated rings. The zero-order chi connectivity index (χ0) is 14.4. The maximum atomic E-state index is 14.3. The number of aryl methyl sites for hydroxylation is 1. The summed E-state index contributed by atoms with van der Waals surface area (Å²) in [5.41, 5.74) is 7.26. The Morgan fingerprint density at radius 1 is 1.30 bits per heavy atom. The molecule has 3 rings (SSSR count). The van der Waals surface area contributed by atoms with Gasteiger partial charge in [-0.05, 0) is 50.7 Å². The minimum atomic E-state index is -0.579. The fraction of sp³-hybridized carbons (Fsp3) is 0.471. The molecule has 0 bridgehead atoms. The molecule has 0 radical (unpaired) electrons. The van der Waals surface area contributed by atoms with E-state index in [4.69, 9.17) is 5.73 Å². The minimum Gasteiger partial charge on any atom is -0.384 e. The first-order valence-electron chi connectivity index (χ1n) is 7.24. The molecule has 3 heteroatoms. The molecule has 1 spiro atoms. The van der Waals surface area contributed by atoms with Crippen LogP contribution in [0, 0.1) is 18.2 Å². The van der Waals surface area contributed by atoms with Crippen LogP contribution in [0.15, 0.2) is 35.3 Å². The van der Waals surface area contributed by atoms with Gasteiger partial charge in [-0.1, -0.05) is 30.2 Å². The Hall–Kier alpha value is -1.64. The normalized spacial score (nSPS) is 27.9. The Labute approximate surface area is 119 Å². The predicted molar refractivity (Wildman–Crippen MR) is 80.2 cm³/mol. The number of nitrogens with zero attached hydrogens (tertiary/aromatic N) is 1. The topological polar surface area (TPSA) is 38.4 Å². The molecule has 1 unspecified atom stereocenters. The summed E-state index contributed by atoms with van der Waals surface area (Å²) in [6, 6.07) is 5.24. The largest absolute Gasteiger partial charge is 0.384 e. The molecule has 20 heavy (non-hydrogen) atoms. The molecule has 1 heterocycles. The van der Waals surface area contributed by atoms with Gasteiger partial charge in [0.25, 0.3) is 0 Å². The van der Waals surface area contributed by atoms with Gasteiger partial charge in [-0.15, -0.1) is 0 Å². The van der Waals surface area contributed by atoms with Crippen molar-refractivity contribution in [2.45, 2.75) is 45.1 Å². The second-order valence-electron chi connectivity index (χ2n) is 6.52. The number of aliphatic imine (C=N–C) groups is 1. The quantitative estimate of drug-likeness (QED) is 0.829. The van der Waals surface area contributed by atoms with Crippen LogP contribution in [-0.2, 0) is 5.54 Å². The lowest BCUT2D eigenvalue weighted by Gasteiger charge is -2.43. The Morgan fingerprint density at radius 2 is 2.05 bits per heavy atom. The van der Waals surface area contributed by atoms with E-state index in [9.17, 15) is 4.39 Å². The molecule has 0 aromatic heterocycles. The molecule has 0 amide bonds. The Bertz CT molecular complexity index is 599. The van der Waals surface area contributed by atoms with E-state index in [0.29, 0.717) is 11.4 Å². The van der Waals surface area contributed by atoms with Crippen LogP contribution >= 0.6 is 0 Å². The van der Waals surface area contributed by atoms with E-state index >= 15 is 0 Å². The van der Waals surface area contributed by atoms with E-state index in [1.165, 1.54) is 12.5 Å². The van der Waals surface area contributed by atoms with Crippen LogP contribution in [0.1, 0.15) is 43.7 Å². The highest BCUT2D eigenvalue weighted by Crippen LogP contribution is 2.52. The SMILES string of the molecule is Cc1ccc(F)c(C2(C)CC3(C=CC(N)=N2)CCC3)c1. The van der Waals surface area contributed by atoms with Crippen molar-refractivity contribution in [1.29, 1.82) is 0 Å². The standard InChI is InChI=1S/C17H21FN2/c1-12-4-5-14(18)13(10-12)16(2)11-17(7-3-8-17)9-6-15(19)20-16/h4-6,9-10H,3,7-8,11H2,1-2H3,(H2,19,20). The van der Waals surface area contributed by atoms with Gasteiger partial charge in [-0.3, -0.25) is 4.99 Å². The lowest BCUT2D eigenvalue weighted by molar-refractivity contribution is 0.145. The molecule has 1 aromatic rings. The maximum absolute atomic E-state index is 14.3. The molecular formula is C17H21FN2. The van der Waals surface area contributed by atoms with E-state index in [1.807, 2.05) is 26.0 Å². The lowest BCUT2D eigenvalue weighted by atomic mass is 9.62. The van der Waals surface area contributed by atoms with Crippen LogP contribution in [0.5, 0.6) is 0 Å². The van der Waals surface area contributed by atoms with Crippen molar-refractivity contribution in [3.63, 3.8) is 0 Å². The molecule has 1 atom stereocenters. The van der Waals surface area contributed by atoms with Gasteiger partial charge in [-0.2, -0.15) is 0 Å².